The lowest BCUT2D eigenvalue weighted by atomic mass is 10.1. The molecule has 0 aliphatic carbocycles. The Morgan fingerprint density at radius 2 is 2.12 bits per heavy atom. The van der Waals surface area contributed by atoms with E-state index in [1.54, 1.807) is 0 Å². The summed E-state index contributed by atoms with van der Waals surface area (Å²) in [5, 5.41) is 0. The first-order chi connectivity index (χ1) is 8.06. The number of ketones is 1. The predicted octanol–water partition coefficient (Wildman–Crippen LogP) is 2.23. The van der Waals surface area contributed by atoms with E-state index in [9.17, 15) is 14.0 Å². The van der Waals surface area contributed by atoms with Crippen LogP contribution in [0.2, 0.25) is 0 Å². The van der Waals surface area contributed by atoms with E-state index in [-0.39, 0.29) is 23.7 Å². The second kappa shape index (κ2) is 4.45. The largest absolute Gasteiger partial charge is 0.302 e. The molecule has 1 aromatic rings. The van der Waals surface area contributed by atoms with Crippen LogP contribution in [0.25, 0.3) is 0 Å². The summed E-state index contributed by atoms with van der Waals surface area (Å²) >= 11 is 5.66. The van der Waals surface area contributed by atoms with Crippen molar-refractivity contribution >= 4 is 29.0 Å². The van der Waals surface area contributed by atoms with Crippen molar-refractivity contribution in [2.75, 3.05) is 17.3 Å². The van der Waals surface area contributed by atoms with Gasteiger partial charge in [-0.3, -0.25) is 9.59 Å². The van der Waals surface area contributed by atoms with E-state index in [2.05, 4.69) is 0 Å². The molecule has 2 rings (SSSR count). The SMILES string of the molecule is CC(CCl)CN1C(=O)C(=O)c2cccc(F)c21. The van der Waals surface area contributed by atoms with Crippen LogP contribution in [0.1, 0.15) is 17.3 Å². The van der Waals surface area contributed by atoms with Crippen LogP contribution in [0, 0.1) is 11.7 Å². The number of carbonyl (C=O) groups excluding carboxylic acids is 2. The summed E-state index contributed by atoms with van der Waals surface area (Å²) in [5.41, 5.74) is 0.219. The fourth-order valence-corrected chi connectivity index (χ4v) is 1.94. The molecule has 0 saturated heterocycles. The van der Waals surface area contributed by atoms with Gasteiger partial charge in [0.05, 0.1) is 11.3 Å². The third-order valence-corrected chi connectivity index (χ3v) is 3.23. The number of para-hydroxylation sites is 1. The maximum absolute atomic E-state index is 13.7. The molecule has 3 nitrogen and oxygen atoms in total. The van der Waals surface area contributed by atoms with Gasteiger partial charge in [-0.1, -0.05) is 13.0 Å². The average Bonchev–Trinajstić information content (AvgIpc) is 2.56. The molecule has 1 heterocycles. The number of fused-ring (bicyclic) bond motifs is 1. The van der Waals surface area contributed by atoms with Crippen LogP contribution in [-0.4, -0.2) is 24.1 Å². The standard InChI is InChI=1S/C12H11ClFNO2/c1-7(5-13)6-15-10-8(11(16)12(15)17)3-2-4-9(10)14/h2-4,7H,5-6H2,1H3. The Hall–Kier alpha value is -1.42. The van der Waals surface area contributed by atoms with E-state index in [1.165, 1.54) is 23.1 Å². The number of benzene rings is 1. The maximum Gasteiger partial charge on any atom is 0.299 e. The smallest absolute Gasteiger partial charge is 0.299 e. The van der Waals surface area contributed by atoms with E-state index < -0.39 is 17.5 Å². The van der Waals surface area contributed by atoms with Crippen LogP contribution in [0.15, 0.2) is 18.2 Å². The van der Waals surface area contributed by atoms with Crippen LogP contribution in [0.5, 0.6) is 0 Å². The van der Waals surface area contributed by atoms with Gasteiger partial charge in [0, 0.05) is 12.4 Å². The first-order valence-corrected chi connectivity index (χ1v) is 5.80. The van der Waals surface area contributed by atoms with Crippen molar-refractivity contribution in [2.45, 2.75) is 6.92 Å². The molecule has 0 aromatic heterocycles. The summed E-state index contributed by atoms with van der Waals surface area (Å²) in [6.07, 6.45) is 0. The second-order valence-electron chi connectivity index (χ2n) is 4.14. The van der Waals surface area contributed by atoms with Crippen molar-refractivity contribution < 1.29 is 14.0 Å². The van der Waals surface area contributed by atoms with Gasteiger partial charge < -0.3 is 4.90 Å². The first-order valence-electron chi connectivity index (χ1n) is 5.27. The molecule has 0 radical (unpaired) electrons. The highest BCUT2D eigenvalue weighted by atomic mass is 35.5. The molecular formula is C12H11ClFNO2. The summed E-state index contributed by atoms with van der Waals surface area (Å²) in [5.74, 6) is -1.53. The number of halogens is 2. The van der Waals surface area contributed by atoms with E-state index in [1.807, 2.05) is 6.92 Å². The van der Waals surface area contributed by atoms with E-state index in [4.69, 9.17) is 11.6 Å². The number of amides is 1. The van der Waals surface area contributed by atoms with Crippen molar-refractivity contribution in [2.24, 2.45) is 5.92 Å². The van der Waals surface area contributed by atoms with Crippen LogP contribution in [0.4, 0.5) is 10.1 Å². The predicted molar refractivity (Wildman–Crippen MR) is 63.0 cm³/mol. The highest BCUT2D eigenvalue weighted by molar-refractivity contribution is 6.52. The van der Waals surface area contributed by atoms with Gasteiger partial charge in [0.1, 0.15) is 5.82 Å². The summed E-state index contributed by atoms with van der Waals surface area (Å²) in [7, 11) is 0. The number of anilines is 1. The van der Waals surface area contributed by atoms with Gasteiger partial charge in [0.25, 0.3) is 11.7 Å². The Kier molecular flexibility index (Phi) is 3.15. The fraction of sp³-hybridized carbons (Fsp3) is 0.333. The zero-order valence-corrected chi connectivity index (χ0v) is 10.00. The monoisotopic (exact) mass is 255 g/mol. The molecule has 1 aliphatic rings. The topological polar surface area (TPSA) is 37.4 Å². The van der Waals surface area contributed by atoms with E-state index in [0.717, 1.165) is 0 Å². The quantitative estimate of drug-likeness (QED) is 0.614. The third kappa shape index (κ3) is 1.93. The lowest BCUT2D eigenvalue weighted by molar-refractivity contribution is -0.114. The zero-order valence-electron chi connectivity index (χ0n) is 9.24. The summed E-state index contributed by atoms with van der Waals surface area (Å²) < 4.78 is 13.7. The van der Waals surface area contributed by atoms with E-state index in [0.29, 0.717) is 5.88 Å². The number of hydrogen-bond acceptors (Lipinski definition) is 2. The molecule has 90 valence electrons. The second-order valence-corrected chi connectivity index (χ2v) is 4.45. The third-order valence-electron chi connectivity index (χ3n) is 2.70. The number of alkyl halides is 1. The molecule has 1 amide bonds. The van der Waals surface area contributed by atoms with Crippen molar-refractivity contribution in [3.8, 4) is 0 Å². The molecule has 1 atom stereocenters. The molecule has 1 aromatic carbocycles. The number of Topliss-reactive ketones (excluding diaryl/α,β-unsaturated/α-hetero) is 1. The van der Waals surface area contributed by atoms with Crippen LogP contribution in [-0.2, 0) is 4.79 Å². The summed E-state index contributed by atoms with van der Waals surface area (Å²) in [6.45, 7) is 2.09. The molecule has 0 spiro atoms. The van der Waals surface area contributed by atoms with Gasteiger partial charge in [-0.15, -0.1) is 11.6 Å². The Bertz CT molecular complexity index is 489. The Balaban J connectivity index is 2.43. The first kappa shape index (κ1) is 12.0. The average molecular weight is 256 g/mol. The lowest BCUT2D eigenvalue weighted by Gasteiger charge is -2.20. The molecule has 0 saturated carbocycles. The molecule has 17 heavy (non-hydrogen) atoms. The minimum Gasteiger partial charge on any atom is -0.302 e. The van der Waals surface area contributed by atoms with Gasteiger partial charge in [0.2, 0.25) is 0 Å². The van der Waals surface area contributed by atoms with Crippen molar-refractivity contribution in [3.63, 3.8) is 0 Å². The molecule has 0 N–H and O–H groups in total. The lowest BCUT2D eigenvalue weighted by Crippen LogP contribution is -2.34. The zero-order chi connectivity index (χ0) is 12.6. The number of nitrogens with zero attached hydrogens (tertiary/aromatic N) is 1. The van der Waals surface area contributed by atoms with Gasteiger partial charge in [-0.25, -0.2) is 4.39 Å². The Morgan fingerprint density at radius 1 is 1.41 bits per heavy atom. The fourth-order valence-electron chi connectivity index (χ4n) is 1.85. The van der Waals surface area contributed by atoms with Crippen molar-refractivity contribution in [1.29, 1.82) is 0 Å². The molecular weight excluding hydrogens is 245 g/mol. The van der Waals surface area contributed by atoms with Crippen LogP contribution in [0.3, 0.4) is 0 Å². The Morgan fingerprint density at radius 3 is 2.76 bits per heavy atom. The minimum atomic E-state index is -0.679. The van der Waals surface area contributed by atoms with Crippen molar-refractivity contribution in [3.05, 3.63) is 29.6 Å². The minimum absolute atomic E-state index is 0.000951. The maximum atomic E-state index is 13.7. The molecule has 5 heteroatoms. The molecule has 0 fully saturated rings. The highest BCUT2D eigenvalue weighted by Gasteiger charge is 2.38. The van der Waals surface area contributed by atoms with Gasteiger partial charge in [-0.2, -0.15) is 0 Å². The van der Waals surface area contributed by atoms with E-state index >= 15 is 0 Å². The van der Waals surface area contributed by atoms with Gasteiger partial charge in [0.15, 0.2) is 0 Å². The number of rotatable bonds is 3. The molecule has 1 unspecified atom stereocenters. The number of carbonyl (C=O) groups is 2. The van der Waals surface area contributed by atoms with Gasteiger partial charge in [-0.05, 0) is 18.1 Å². The highest BCUT2D eigenvalue weighted by Crippen LogP contribution is 2.32. The summed E-state index contributed by atoms with van der Waals surface area (Å²) in [4.78, 5) is 24.6. The van der Waals surface area contributed by atoms with Crippen molar-refractivity contribution in [1.82, 2.24) is 0 Å². The molecule has 0 bridgehead atoms. The number of hydrogen-bond donors (Lipinski definition) is 0. The summed E-state index contributed by atoms with van der Waals surface area (Å²) in [6, 6.07) is 4.13. The van der Waals surface area contributed by atoms with Crippen LogP contribution < -0.4 is 4.90 Å². The molecule has 1 aliphatic heterocycles. The normalized spacial score (nSPS) is 16.3. The van der Waals surface area contributed by atoms with Gasteiger partial charge >= 0.3 is 0 Å². The van der Waals surface area contributed by atoms with Crippen LogP contribution >= 0.6 is 11.6 Å². The Labute approximate surface area is 103 Å².